The highest BCUT2D eigenvalue weighted by Crippen LogP contribution is 2.49. The maximum atomic E-state index is 3.85. The van der Waals surface area contributed by atoms with Crippen LogP contribution < -0.4 is 0 Å². The third-order valence-electron chi connectivity index (χ3n) is 3.09. The van der Waals surface area contributed by atoms with Crippen molar-refractivity contribution in [2.45, 2.75) is 19.3 Å². The van der Waals surface area contributed by atoms with Gasteiger partial charge >= 0.3 is 0 Å². The summed E-state index contributed by atoms with van der Waals surface area (Å²) in [5, 5.41) is 0. The van der Waals surface area contributed by atoms with Crippen LogP contribution in [0.2, 0.25) is 0 Å². The summed E-state index contributed by atoms with van der Waals surface area (Å²) < 4.78 is 0. The molecule has 2 aliphatic rings. The SMILES string of the molecule is C=CC1=C(C=C)C2CCC1C2. The van der Waals surface area contributed by atoms with Gasteiger partial charge in [0.15, 0.2) is 0 Å². The van der Waals surface area contributed by atoms with E-state index in [0.717, 1.165) is 11.8 Å². The molecular weight excluding hydrogens is 132 g/mol. The van der Waals surface area contributed by atoms with Gasteiger partial charge in [-0.05, 0) is 42.2 Å². The fourth-order valence-electron chi connectivity index (χ4n) is 2.59. The minimum atomic E-state index is 0.825. The molecule has 2 bridgehead atoms. The van der Waals surface area contributed by atoms with Gasteiger partial charge in [0.05, 0.1) is 0 Å². The largest absolute Gasteiger partial charge is 0.0988 e. The monoisotopic (exact) mass is 146 g/mol. The Labute approximate surface area is 68.3 Å². The van der Waals surface area contributed by atoms with Crippen molar-refractivity contribution in [3.05, 3.63) is 36.5 Å². The molecule has 2 rings (SSSR count). The molecule has 0 amide bonds. The lowest BCUT2D eigenvalue weighted by Crippen LogP contribution is -1.98. The Bertz CT molecular complexity index is 208. The Morgan fingerprint density at radius 3 is 1.82 bits per heavy atom. The lowest BCUT2D eigenvalue weighted by atomic mass is 9.92. The number of allylic oxidation sites excluding steroid dienone is 4. The first-order valence-corrected chi connectivity index (χ1v) is 4.35. The molecule has 0 nitrogen and oxygen atoms in total. The molecule has 11 heavy (non-hydrogen) atoms. The van der Waals surface area contributed by atoms with Gasteiger partial charge in [0.25, 0.3) is 0 Å². The molecule has 1 fully saturated rings. The number of hydrogen-bond donors (Lipinski definition) is 0. The second-order valence-electron chi connectivity index (χ2n) is 3.53. The van der Waals surface area contributed by atoms with E-state index in [-0.39, 0.29) is 0 Å². The minimum Gasteiger partial charge on any atom is -0.0988 e. The topological polar surface area (TPSA) is 0 Å². The minimum absolute atomic E-state index is 0.825. The van der Waals surface area contributed by atoms with E-state index in [1.807, 2.05) is 12.2 Å². The first-order chi connectivity index (χ1) is 5.36. The van der Waals surface area contributed by atoms with Crippen LogP contribution in [0.3, 0.4) is 0 Å². The van der Waals surface area contributed by atoms with E-state index in [1.165, 1.54) is 30.4 Å². The van der Waals surface area contributed by atoms with Gasteiger partial charge in [-0.3, -0.25) is 0 Å². The predicted molar refractivity (Wildman–Crippen MR) is 48.3 cm³/mol. The molecule has 0 heterocycles. The highest BCUT2D eigenvalue weighted by molar-refractivity contribution is 5.41. The van der Waals surface area contributed by atoms with Crippen molar-refractivity contribution in [3.8, 4) is 0 Å². The van der Waals surface area contributed by atoms with E-state index >= 15 is 0 Å². The molecule has 0 aromatic carbocycles. The van der Waals surface area contributed by atoms with Crippen LogP contribution in [0.25, 0.3) is 0 Å². The maximum Gasteiger partial charge on any atom is -0.0153 e. The molecule has 2 atom stereocenters. The van der Waals surface area contributed by atoms with Crippen molar-refractivity contribution in [2.75, 3.05) is 0 Å². The molecule has 1 saturated carbocycles. The molecule has 0 heteroatoms. The summed E-state index contributed by atoms with van der Waals surface area (Å²) in [6.45, 7) is 7.71. The van der Waals surface area contributed by atoms with Crippen LogP contribution >= 0.6 is 0 Å². The second kappa shape index (κ2) is 2.37. The van der Waals surface area contributed by atoms with Gasteiger partial charge in [0.2, 0.25) is 0 Å². The van der Waals surface area contributed by atoms with Crippen LogP contribution in [-0.4, -0.2) is 0 Å². The van der Waals surface area contributed by atoms with Gasteiger partial charge in [0.1, 0.15) is 0 Å². The van der Waals surface area contributed by atoms with Gasteiger partial charge < -0.3 is 0 Å². The van der Waals surface area contributed by atoms with Gasteiger partial charge in [-0.2, -0.15) is 0 Å². The zero-order valence-corrected chi connectivity index (χ0v) is 6.84. The van der Waals surface area contributed by atoms with E-state index in [9.17, 15) is 0 Å². The van der Waals surface area contributed by atoms with Gasteiger partial charge in [-0.15, -0.1) is 0 Å². The van der Waals surface area contributed by atoms with Crippen LogP contribution in [0.5, 0.6) is 0 Å². The standard InChI is InChI=1S/C11H14/c1-3-10-8-5-6-9(7-8)11(10)4-2/h3-4,8-9H,1-2,5-7H2. The number of hydrogen-bond acceptors (Lipinski definition) is 0. The quantitative estimate of drug-likeness (QED) is 0.561. The zero-order valence-electron chi connectivity index (χ0n) is 6.84. The lowest BCUT2D eigenvalue weighted by Gasteiger charge is -2.13. The van der Waals surface area contributed by atoms with Crippen LogP contribution in [0.1, 0.15) is 19.3 Å². The molecular formula is C11H14. The van der Waals surface area contributed by atoms with Gasteiger partial charge in [0, 0.05) is 0 Å². The van der Waals surface area contributed by atoms with Crippen LogP contribution in [-0.2, 0) is 0 Å². The molecule has 58 valence electrons. The van der Waals surface area contributed by atoms with E-state index in [1.54, 1.807) is 0 Å². The Kier molecular flexibility index (Phi) is 1.49. The smallest absolute Gasteiger partial charge is 0.0153 e. The van der Waals surface area contributed by atoms with Gasteiger partial charge in [-0.25, -0.2) is 0 Å². The number of rotatable bonds is 2. The molecule has 0 aromatic heterocycles. The fourth-order valence-corrected chi connectivity index (χ4v) is 2.59. The molecule has 2 unspecified atom stereocenters. The van der Waals surface area contributed by atoms with Crippen molar-refractivity contribution in [1.29, 1.82) is 0 Å². The average molecular weight is 146 g/mol. The summed E-state index contributed by atoms with van der Waals surface area (Å²) in [5.41, 5.74) is 2.97. The van der Waals surface area contributed by atoms with Crippen molar-refractivity contribution < 1.29 is 0 Å². The van der Waals surface area contributed by atoms with E-state index in [2.05, 4.69) is 13.2 Å². The van der Waals surface area contributed by atoms with Crippen molar-refractivity contribution >= 4 is 0 Å². The summed E-state index contributed by atoms with van der Waals surface area (Å²) in [6.07, 6.45) is 8.18. The van der Waals surface area contributed by atoms with Crippen molar-refractivity contribution in [2.24, 2.45) is 11.8 Å². The summed E-state index contributed by atoms with van der Waals surface area (Å²) in [5.74, 6) is 1.65. The zero-order chi connectivity index (χ0) is 7.84. The van der Waals surface area contributed by atoms with Crippen LogP contribution in [0.15, 0.2) is 36.5 Å². The van der Waals surface area contributed by atoms with Crippen molar-refractivity contribution in [1.82, 2.24) is 0 Å². The normalized spacial score (nSPS) is 34.5. The molecule has 0 radical (unpaired) electrons. The summed E-state index contributed by atoms with van der Waals surface area (Å²) >= 11 is 0. The van der Waals surface area contributed by atoms with Gasteiger partial charge in [-0.1, -0.05) is 25.3 Å². The molecule has 0 aromatic rings. The predicted octanol–water partition coefficient (Wildman–Crippen LogP) is 3.08. The first-order valence-electron chi connectivity index (χ1n) is 4.35. The Morgan fingerprint density at radius 1 is 1.00 bits per heavy atom. The fraction of sp³-hybridized carbons (Fsp3) is 0.455. The second-order valence-corrected chi connectivity index (χ2v) is 3.53. The van der Waals surface area contributed by atoms with E-state index < -0.39 is 0 Å². The Balaban J connectivity index is 2.41. The summed E-state index contributed by atoms with van der Waals surface area (Å²) in [6, 6.07) is 0. The van der Waals surface area contributed by atoms with Crippen LogP contribution in [0, 0.1) is 11.8 Å². The summed E-state index contributed by atoms with van der Waals surface area (Å²) in [7, 11) is 0. The van der Waals surface area contributed by atoms with E-state index in [4.69, 9.17) is 0 Å². The Morgan fingerprint density at radius 2 is 1.45 bits per heavy atom. The summed E-state index contributed by atoms with van der Waals surface area (Å²) in [4.78, 5) is 0. The highest BCUT2D eigenvalue weighted by Gasteiger charge is 2.36. The van der Waals surface area contributed by atoms with E-state index in [0.29, 0.717) is 0 Å². The maximum absolute atomic E-state index is 3.85. The third kappa shape index (κ3) is 0.819. The highest BCUT2D eigenvalue weighted by atomic mass is 14.4. The van der Waals surface area contributed by atoms with Crippen molar-refractivity contribution in [3.63, 3.8) is 0 Å². The van der Waals surface area contributed by atoms with Crippen LogP contribution in [0.4, 0.5) is 0 Å². The molecule has 0 aliphatic heterocycles. The average Bonchev–Trinajstić information content (AvgIpc) is 2.60. The molecule has 0 N–H and O–H groups in total. The lowest BCUT2D eigenvalue weighted by molar-refractivity contribution is 0.669. The first kappa shape index (κ1) is 6.90. The molecule has 0 saturated heterocycles. The third-order valence-corrected chi connectivity index (χ3v) is 3.09. The number of fused-ring (bicyclic) bond motifs is 2. The Hall–Kier alpha value is -0.780. The molecule has 0 spiro atoms. The molecule has 2 aliphatic carbocycles.